The molecule has 1 aromatic carbocycles. The molecule has 10 heteroatoms. The molecule has 3 rings (SSSR count). The quantitative estimate of drug-likeness (QED) is 0.225. The molecule has 0 aliphatic heterocycles. The van der Waals surface area contributed by atoms with Gasteiger partial charge in [-0.1, -0.05) is 6.07 Å². The number of rotatable bonds is 8. The molecule has 3 aromatic rings. The number of ether oxygens (including phenoxy) is 2. The Hall–Kier alpha value is -3.01. The molecule has 0 bridgehead atoms. The van der Waals surface area contributed by atoms with E-state index in [9.17, 15) is 10.1 Å². The van der Waals surface area contributed by atoms with Crippen LogP contribution in [0.3, 0.4) is 0 Å². The predicted octanol–water partition coefficient (Wildman–Crippen LogP) is 3.57. The fraction of sp³-hybridized carbons (Fsp3) is 0.278. The lowest BCUT2D eigenvalue weighted by atomic mass is 10.1. The number of aromatic nitrogens is 4. The van der Waals surface area contributed by atoms with Crippen LogP contribution in [0.15, 0.2) is 41.3 Å². The van der Waals surface area contributed by atoms with Gasteiger partial charge in [-0.25, -0.2) is 9.97 Å². The molecular weight excluding hydrogens is 430 g/mol. The number of aryl methyl sites for hydroxylation is 2. The summed E-state index contributed by atoms with van der Waals surface area (Å²) >= 11 is 3.34. The van der Waals surface area contributed by atoms with Crippen LogP contribution in [0.5, 0.6) is 11.5 Å². The smallest absolute Gasteiger partial charge is 0.315 e. The molecule has 146 valence electrons. The lowest BCUT2D eigenvalue weighted by molar-refractivity contribution is -0.385. The lowest BCUT2D eigenvalue weighted by Crippen LogP contribution is -2.03. The monoisotopic (exact) mass is 447 g/mol. The van der Waals surface area contributed by atoms with E-state index in [4.69, 9.17) is 9.47 Å². The molecule has 0 N–H and O–H groups in total. The number of nitrogens with zero attached hydrogens (tertiary/aromatic N) is 5. The standard InChI is InChI=1S/C18H18BrN5O4/c1-23-11-20-18(22-23)14-9-13(10-15(24(25)26)17(14)27-2)28-8-4-6-12-5-3-7-16(19)21-12/h3,5,7,9-11H,4,6,8H2,1-2H3. The first-order valence-corrected chi connectivity index (χ1v) is 9.24. The third-order valence-corrected chi connectivity index (χ3v) is 4.34. The number of nitro benzene ring substituents is 1. The topological polar surface area (TPSA) is 105 Å². The van der Waals surface area contributed by atoms with Crippen LogP contribution in [0, 0.1) is 10.1 Å². The Morgan fingerprint density at radius 3 is 2.79 bits per heavy atom. The fourth-order valence-corrected chi connectivity index (χ4v) is 3.06. The molecule has 2 heterocycles. The Bertz CT molecular complexity index is 992. The van der Waals surface area contributed by atoms with Gasteiger partial charge < -0.3 is 9.47 Å². The fourth-order valence-electron chi connectivity index (χ4n) is 2.68. The van der Waals surface area contributed by atoms with E-state index in [2.05, 4.69) is 31.0 Å². The minimum absolute atomic E-state index is 0.0990. The molecule has 2 aromatic heterocycles. The average molecular weight is 448 g/mol. The maximum Gasteiger partial charge on any atom is 0.315 e. The summed E-state index contributed by atoms with van der Waals surface area (Å²) in [6.45, 7) is 0.382. The van der Waals surface area contributed by atoms with Crippen molar-refractivity contribution in [1.82, 2.24) is 19.7 Å². The van der Waals surface area contributed by atoms with Crippen molar-refractivity contribution in [3.63, 3.8) is 0 Å². The zero-order valence-corrected chi connectivity index (χ0v) is 16.9. The summed E-state index contributed by atoms with van der Waals surface area (Å²) in [6.07, 6.45) is 2.95. The largest absolute Gasteiger partial charge is 0.493 e. The van der Waals surface area contributed by atoms with Crippen molar-refractivity contribution in [2.24, 2.45) is 7.05 Å². The SMILES string of the molecule is COc1c(-c2ncn(C)n2)cc(OCCCc2cccc(Br)n2)cc1[N+](=O)[O-]. The number of halogens is 1. The second kappa shape index (κ2) is 8.79. The number of hydrogen-bond acceptors (Lipinski definition) is 7. The minimum Gasteiger partial charge on any atom is -0.493 e. The molecule has 9 nitrogen and oxygen atoms in total. The zero-order valence-electron chi connectivity index (χ0n) is 15.3. The van der Waals surface area contributed by atoms with Crippen LogP contribution in [-0.4, -0.2) is 38.4 Å². The van der Waals surface area contributed by atoms with Gasteiger partial charge in [0.15, 0.2) is 5.82 Å². The maximum absolute atomic E-state index is 11.5. The number of pyridine rings is 1. The Kier molecular flexibility index (Phi) is 6.19. The van der Waals surface area contributed by atoms with Gasteiger partial charge in [-0.2, -0.15) is 5.10 Å². The van der Waals surface area contributed by atoms with Crippen molar-refractivity contribution >= 4 is 21.6 Å². The Morgan fingerprint density at radius 2 is 2.14 bits per heavy atom. The highest BCUT2D eigenvalue weighted by molar-refractivity contribution is 9.10. The first kappa shape index (κ1) is 19.7. The minimum atomic E-state index is -0.510. The number of nitro groups is 1. The summed E-state index contributed by atoms with van der Waals surface area (Å²) in [7, 11) is 3.09. The van der Waals surface area contributed by atoms with Gasteiger partial charge in [-0.15, -0.1) is 0 Å². The molecule has 0 aliphatic carbocycles. The summed E-state index contributed by atoms with van der Waals surface area (Å²) in [5, 5.41) is 15.7. The van der Waals surface area contributed by atoms with Gasteiger partial charge in [-0.3, -0.25) is 14.8 Å². The summed E-state index contributed by atoms with van der Waals surface area (Å²) in [5.74, 6) is 0.783. The average Bonchev–Trinajstić information content (AvgIpc) is 3.10. The Morgan fingerprint density at radius 1 is 1.32 bits per heavy atom. The van der Waals surface area contributed by atoms with E-state index in [1.54, 1.807) is 13.1 Å². The molecule has 0 amide bonds. The molecule has 28 heavy (non-hydrogen) atoms. The van der Waals surface area contributed by atoms with Gasteiger partial charge in [0.05, 0.1) is 30.3 Å². The van der Waals surface area contributed by atoms with Gasteiger partial charge in [-0.05, 0) is 47.0 Å². The van der Waals surface area contributed by atoms with Crippen molar-refractivity contribution in [3.05, 3.63) is 57.1 Å². The van der Waals surface area contributed by atoms with E-state index < -0.39 is 4.92 Å². The first-order valence-electron chi connectivity index (χ1n) is 8.44. The number of hydrogen-bond donors (Lipinski definition) is 0. The second-order valence-electron chi connectivity index (χ2n) is 5.93. The van der Waals surface area contributed by atoms with Crippen molar-refractivity contribution in [3.8, 4) is 22.9 Å². The van der Waals surface area contributed by atoms with Crippen LogP contribution < -0.4 is 9.47 Å². The number of benzene rings is 1. The molecule has 0 spiro atoms. The van der Waals surface area contributed by atoms with E-state index in [1.807, 2.05) is 18.2 Å². The summed E-state index contributed by atoms with van der Waals surface area (Å²) in [5.41, 5.74) is 1.15. The molecule has 0 saturated heterocycles. The number of methoxy groups -OCH3 is 1. The Balaban J connectivity index is 1.78. The van der Waals surface area contributed by atoms with Crippen LogP contribution in [-0.2, 0) is 13.5 Å². The molecule has 0 aliphatic rings. The highest BCUT2D eigenvalue weighted by atomic mass is 79.9. The lowest BCUT2D eigenvalue weighted by Gasteiger charge is -2.11. The van der Waals surface area contributed by atoms with Crippen LogP contribution >= 0.6 is 15.9 Å². The van der Waals surface area contributed by atoms with Crippen molar-refractivity contribution in [2.75, 3.05) is 13.7 Å². The van der Waals surface area contributed by atoms with E-state index in [-0.39, 0.29) is 11.4 Å². The van der Waals surface area contributed by atoms with Crippen LogP contribution in [0.2, 0.25) is 0 Å². The molecule has 0 unspecified atom stereocenters. The second-order valence-corrected chi connectivity index (χ2v) is 6.74. The third kappa shape index (κ3) is 4.63. The molecule has 0 radical (unpaired) electrons. The van der Waals surface area contributed by atoms with Crippen molar-refractivity contribution < 1.29 is 14.4 Å². The van der Waals surface area contributed by atoms with E-state index in [0.29, 0.717) is 30.2 Å². The van der Waals surface area contributed by atoms with Gasteiger partial charge in [0.25, 0.3) is 0 Å². The normalized spacial score (nSPS) is 10.7. The summed E-state index contributed by atoms with van der Waals surface area (Å²) in [6, 6.07) is 8.73. The molecule has 0 saturated carbocycles. The van der Waals surface area contributed by atoms with E-state index in [1.165, 1.54) is 24.2 Å². The third-order valence-electron chi connectivity index (χ3n) is 3.90. The van der Waals surface area contributed by atoms with Crippen molar-refractivity contribution in [2.45, 2.75) is 12.8 Å². The van der Waals surface area contributed by atoms with Gasteiger partial charge in [0.1, 0.15) is 16.7 Å². The van der Waals surface area contributed by atoms with E-state index >= 15 is 0 Å². The molecular formula is C18H18BrN5O4. The van der Waals surface area contributed by atoms with Crippen LogP contribution in [0.1, 0.15) is 12.1 Å². The van der Waals surface area contributed by atoms with E-state index in [0.717, 1.165) is 16.7 Å². The van der Waals surface area contributed by atoms with Crippen molar-refractivity contribution in [1.29, 1.82) is 0 Å². The van der Waals surface area contributed by atoms with Crippen LogP contribution in [0.4, 0.5) is 5.69 Å². The molecule has 0 fully saturated rings. The predicted molar refractivity (Wildman–Crippen MR) is 105 cm³/mol. The first-order chi connectivity index (χ1) is 13.5. The highest BCUT2D eigenvalue weighted by Crippen LogP contribution is 2.40. The molecule has 0 atom stereocenters. The maximum atomic E-state index is 11.5. The van der Waals surface area contributed by atoms with Gasteiger partial charge >= 0.3 is 5.69 Å². The Labute approximate surface area is 169 Å². The zero-order chi connectivity index (χ0) is 20.1. The summed E-state index contributed by atoms with van der Waals surface area (Å²) in [4.78, 5) is 19.5. The summed E-state index contributed by atoms with van der Waals surface area (Å²) < 4.78 is 13.3. The highest BCUT2D eigenvalue weighted by Gasteiger charge is 2.24. The van der Waals surface area contributed by atoms with Gasteiger partial charge in [0, 0.05) is 12.7 Å². The van der Waals surface area contributed by atoms with Gasteiger partial charge in [0.2, 0.25) is 5.75 Å². The van der Waals surface area contributed by atoms with Crippen LogP contribution in [0.25, 0.3) is 11.4 Å².